The Bertz CT molecular complexity index is 1160. The molecule has 0 radical (unpaired) electrons. The number of quaternary nitrogens is 1. The summed E-state index contributed by atoms with van der Waals surface area (Å²) in [4.78, 5) is 36.9. The summed E-state index contributed by atoms with van der Waals surface area (Å²) in [5.74, 6) is -2.15. The monoisotopic (exact) mass is 757 g/mol. The number of carbonyl (C=O) groups excluding carboxylic acids is 2. The van der Waals surface area contributed by atoms with Gasteiger partial charge in [-0.2, -0.15) is 0 Å². The van der Waals surface area contributed by atoms with E-state index in [0.717, 1.165) is 83.5 Å². The molecule has 2 atom stereocenters. The minimum Gasteiger partial charge on any atom is -0.477 e. The van der Waals surface area contributed by atoms with Gasteiger partial charge in [-0.25, -0.2) is 4.79 Å². The first-order valence-corrected chi connectivity index (χ1v) is 20.3. The summed E-state index contributed by atoms with van der Waals surface area (Å²) < 4.78 is 22.5. The minimum absolute atomic E-state index is 0.128. The van der Waals surface area contributed by atoms with E-state index in [0.29, 0.717) is 17.4 Å². The molecular weight excluding hydrogens is 682 g/mol. The molecule has 0 aliphatic carbocycles. The van der Waals surface area contributed by atoms with E-state index in [-0.39, 0.29) is 38.6 Å². The highest BCUT2D eigenvalue weighted by molar-refractivity contribution is 5.71. The SMILES string of the molecule is CC/C=C\C/C=C\C/C=C\C/C=C\C/C=C\C/C=C\CCC(=O)OC(COC(=O)CCCCCCC/C=C\CCC)COC(OCC[N+](C)(C)C)C(=O)O. The van der Waals surface area contributed by atoms with Crippen LogP contribution in [0, 0.1) is 0 Å². The van der Waals surface area contributed by atoms with Crippen LogP contribution >= 0.6 is 0 Å². The molecule has 0 saturated carbocycles. The van der Waals surface area contributed by atoms with E-state index in [4.69, 9.17) is 18.9 Å². The molecule has 0 fully saturated rings. The first-order chi connectivity index (χ1) is 26.1. The van der Waals surface area contributed by atoms with Gasteiger partial charge in [0.2, 0.25) is 0 Å². The van der Waals surface area contributed by atoms with Gasteiger partial charge >= 0.3 is 17.9 Å². The van der Waals surface area contributed by atoms with Crippen LogP contribution in [0.25, 0.3) is 0 Å². The number of ether oxygens (including phenoxy) is 4. The Hall–Kier alpha value is -3.53. The Kier molecular flexibility index (Phi) is 34.1. The predicted octanol–water partition coefficient (Wildman–Crippen LogP) is 10.2. The fourth-order valence-corrected chi connectivity index (χ4v) is 4.74. The van der Waals surface area contributed by atoms with Gasteiger partial charge in [0.15, 0.2) is 6.10 Å². The molecule has 0 amide bonds. The van der Waals surface area contributed by atoms with E-state index in [1.807, 2.05) is 33.3 Å². The molecular formula is C45H74NO8+. The van der Waals surface area contributed by atoms with E-state index >= 15 is 0 Å². The highest BCUT2D eigenvalue weighted by atomic mass is 16.7. The Morgan fingerprint density at radius 3 is 1.65 bits per heavy atom. The second-order valence-electron chi connectivity index (χ2n) is 14.2. The van der Waals surface area contributed by atoms with Crippen LogP contribution in [-0.4, -0.2) is 87.4 Å². The Morgan fingerprint density at radius 1 is 0.574 bits per heavy atom. The lowest BCUT2D eigenvalue weighted by atomic mass is 10.1. The van der Waals surface area contributed by atoms with Gasteiger partial charge in [-0.15, -0.1) is 0 Å². The van der Waals surface area contributed by atoms with Crippen molar-refractivity contribution in [3.05, 3.63) is 85.1 Å². The van der Waals surface area contributed by atoms with Crippen molar-refractivity contribution >= 4 is 17.9 Å². The molecule has 0 aromatic carbocycles. The number of carboxylic acid groups (broad SMARTS) is 1. The minimum atomic E-state index is -1.53. The maximum absolute atomic E-state index is 12.7. The maximum Gasteiger partial charge on any atom is 0.361 e. The molecule has 0 saturated heterocycles. The van der Waals surface area contributed by atoms with Gasteiger partial charge in [-0.1, -0.05) is 125 Å². The summed E-state index contributed by atoms with van der Waals surface area (Å²) in [6, 6.07) is 0. The lowest BCUT2D eigenvalue weighted by molar-refractivity contribution is -0.870. The summed E-state index contributed by atoms with van der Waals surface area (Å²) in [6.07, 6.45) is 42.4. The quantitative estimate of drug-likeness (QED) is 0.0224. The summed E-state index contributed by atoms with van der Waals surface area (Å²) >= 11 is 0. The third-order valence-electron chi connectivity index (χ3n) is 7.88. The second-order valence-corrected chi connectivity index (χ2v) is 14.2. The van der Waals surface area contributed by atoms with Crippen LogP contribution in [0.15, 0.2) is 85.1 Å². The summed E-state index contributed by atoms with van der Waals surface area (Å²) in [6.45, 7) is 4.55. The summed E-state index contributed by atoms with van der Waals surface area (Å²) in [5, 5.41) is 9.59. The standard InChI is InChI=1S/C45H73NO8/c1-6-8-10-12-14-16-18-19-20-21-22-23-24-25-26-28-30-32-34-36-43(48)54-41(40-53-45(44(49)50)51-38-37-46(3,4)5)39-52-42(47)35-33-31-29-27-17-15-13-11-9-7-2/h8,10-11,13-14,16,19-20,22-23,25-26,30,32,41,45H,6-7,9,12,15,17-18,21,24,27-29,31,33-40H2,1-5H3/p+1/b10-8-,13-11-,16-14-,20-19-,23-22-,26-25-,32-30-. The molecule has 9 heteroatoms. The molecule has 0 rings (SSSR count). The first-order valence-electron chi connectivity index (χ1n) is 20.3. The van der Waals surface area contributed by atoms with Crippen LogP contribution < -0.4 is 0 Å². The molecule has 0 spiro atoms. The normalized spacial score (nSPS) is 13.9. The van der Waals surface area contributed by atoms with Crippen molar-refractivity contribution in [3.63, 3.8) is 0 Å². The largest absolute Gasteiger partial charge is 0.477 e. The fraction of sp³-hybridized carbons (Fsp3) is 0.622. The number of esters is 2. The van der Waals surface area contributed by atoms with E-state index < -0.39 is 24.3 Å². The van der Waals surface area contributed by atoms with Gasteiger partial charge in [-0.3, -0.25) is 9.59 Å². The molecule has 9 nitrogen and oxygen atoms in total. The number of likely N-dealkylation sites (N-methyl/N-ethyl adjacent to an activating group) is 1. The van der Waals surface area contributed by atoms with E-state index in [2.05, 4.69) is 86.8 Å². The number of hydrogen-bond acceptors (Lipinski definition) is 7. The van der Waals surface area contributed by atoms with Gasteiger partial charge in [-0.05, 0) is 70.6 Å². The molecule has 0 aliphatic rings. The zero-order chi connectivity index (χ0) is 40.0. The van der Waals surface area contributed by atoms with Gasteiger partial charge < -0.3 is 28.5 Å². The lowest BCUT2D eigenvalue weighted by Crippen LogP contribution is -2.40. The molecule has 0 aromatic heterocycles. The van der Waals surface area contributed by atoms with Crippen molar-refractivity contribution in [2.24, 2.45) is 0 Å². The number of unbranched alkanes of at least 4 members (excludes halogenated alkanes) is 6. The van der Waals surface area contributed by atoms with Gasteiger partial charge in [0.05, 0.1) is 34.4 Å². The van der Waals surface area contributed by atoms with Gasteiger partial charge in [0.25, 0.3) is 6.29 Å². The van der Waals surface area contributed by atoms with Crippen molar-refractivity contribution in [1.82, 2.24) is 0 Å². The van der Waals surface area contributed by atoms with Crippen molar-refractivity contribution in [3.8, 4) is 0 Å². The molecule has 2 unspecified atom stereocenters. The lowest BCUT2D eigenvalue weighted by Gasteiger charge is -2.25. The molecule has 0 aromatic rings. The molecule has 54 heavy (non-hydrogen) atoms. The highest BCUT2D eigenvalue weighted by Gasteiger charge is 2.25. The van der Waals surface area contributed by atoms with E-state index in [9.17, 15) is 19.5 Å². The number of allylic oxidation sites excluding steroid dienone is 14. The summed E-state index contributed by atoms with van der Waals surface area (Å²) in [7, 11) is 5.91. The van der Waals surface area contributed by atoms with Gasteiger partial charge in [0, 0.05) is 12.8 Å². The number of rotatable bonds is 35. The van der Waals surface area contributed by atoms with Crippen molar-refractivity contribution in [2.45, 2.75) is 135 Å². The number of hydrogen-bond donors (Lipinski definition) is 1. The molecule has 1 N–H and O–H groups in total. The molecule has 0 bridgehead atoms. The fourth-order valence-electron chi connectivity index (χ4n) is 4.74. The van der Waals surface area contributed by atoms with E-state index in [1.54, 1.807) is 0 Å². The van der Waals surface area contributed by atoms with Crippen molar-refractivity contribution < 1.29 is 42.9 Å². The van der Waals surface area contributed by atoms with Crippen LogP contribution in [-0.2, 0) is 33.3 Å². The smallest absolute Gasteiger partial charge is 0.361 e. The predicted molar refractivity (Wildman–Crippen MR) is 221 cm³/mol. The van der Waals surface area contributed by atoms with Crippen LogP contribution in [0.2, 0.25) is 0 Å². The second kappa shape index (κ2) is 36.4. The average Bonchev–Trinajstić information content (AvgIpc) is 3.12. The van der Waals surface area contributed by atoms with Crippen LogP contribution in [0.5, 0.6) is 0 Å². The first kappa shape index (κ1) is 50.5. The zero-order valence-corrected chi connectivity index (χ0v) is 34.3. The highest BCUT2D eigenvalue weighted by Crippen LogP contribution is 2.10. The number of carboxylic acids is 1. The number of aliphatic carboxylic acids is 1. The summed E-state index contributed by atoms with van der Waals surface area (Å²) in [5.41, 5.74) is 0. The van der Waals surface area contributed by atoms with Crippen molar-refractivity contribution in [2.75, 3.05) is 47.5 Å². The van der Waals surface area contributed by atoms with Crippen LogP contribution in [0.1, 0.15) is 123 Å². The molecule has 306 valence electrons. The topological polar surface area (TPSA) is 108 Å². The zero-order valence-electron chi connectivity index (χ0n) is 34.3. The maximum atomic E-state index is 12.7. The van der Waals surface area contributed by atoms with E-state index in [1.165, 1.54) is 6.42 Å². The Morgan fingerprint density at radius 2 is 1.09 bits per heavy atom. The third-order valence-corrected chi connectivity index (χ3v) is 7.88. The van der Waals surface area contributed by atoms with Crippen LogP contribution in [0.4, 0.5) is 0 Å². The third kappa shape index (κ3) is 36.8. The van der Waals surface area contributed by atoms with Crippen molar-refractivity contribution in [1.29, 1.82) is 0 Å². The Balaban J connectivity index is 4.65. The molecule has 0 heterocycles. The molecule has 0 aliphatic heterocycles. The number of nitrogens with zero attached hydrogens (tertiary/aromatic N) is 1. The van der Waals surface area contributed by atoms with Crippen LogP contribution in [0.3, 0.4) is 0 Å². The van der Waals surface area contributed by atoms with Gasteiger partial charge in [0.1, 0.15) is 13.2 Å². The number of carbonyl (C=O) groups is 3. The average molecular weight is 757 g/mol. The Labute approximate surface area is 328 Å².